The number of methoxy groups -OCH3 is 2. The number of rotatable bonds is 6. The molecule has 0 radical (unpaired) electrons. The Kier molecular flexibility index (Phi) is 4.58. The Balaban J connectivity index is 1.26. The number of ether oxygens (including phenoxy) is 4. The van der Waals surface area contributed by atoms with Crippen molar-refractivity contribution in [1.29, 1.82) is 0 Å². The summed E-state index contributed by atoms with van der Waals surface area (Å²) in [5, 5.41) is 0. The molecule has 5 fully saturated rings. The van der Waals surface area contributed by atoms with Crippen LogP contribution in [0.25, 0.3) is 0 Å². The fraction of sp³-hybridized carbons (Fsp3) is 0.733. The molecule has 5 saturated carbocycles. The third-order valence-electron chi connectivity index (χ3n) is 12.5. The van der Waals surface area contributed by atoms with E-state index >= 15 is 0 Å². The normalized spacial score (nSPS) is 47.6. The molecule has 1 aromatic rings. The molecule has 0 saturated heterocycles. The first kappa shape index (κ1) is 22.9. The summed E-state index contributed by atoms with van der Waals surface area (Å²) in [6.45, 7) is 9.03. The standard InChI is InChI=1S/C30H38O6/c1-13(31)35-11-19-15-9-16(20(19)12-36-14(2)32)26-25(15)29(3)27-17-10-18(28(27)30(26,29)4)24-22(34-6)8-7-21(33-5)23(17)24/h7-8,15-20,25-28H,9-12H2,1-6H3/t15-,16+,17+,18-,19+,20-,25?,26?,27?,28?,29-,30+. The van der Waals surface area contributed by atoms with Gasteiger partial charge in [-0.05, 0) is 83.1 Å². The molecule has 6 heteroatoms. The van der Waals surface area contributed by atoms with E-state index in [2.05, 4.69) is 26.0 Å². The molecule has 4 unspecified atom stereocenters. The molecule has 6 aliphatic rings. The van der Waals surface area contributed by atoms with Crippen LogP contribution < -0.4 is 9.47 Å². The van der Waals surface area contributed by atoms with Crippen LogP contribution in [0.5, 0.6) is 11.5 Å². The number of hydrogen-bond acceptors (Lipinski definition) is 6. The summed E-state index contributed by atoms with van der Waals surface area (Å²) in [5.41, 5.74) is 3.38. The zero-order valence-corrected chi connectivity index (χ0v) is 22.2. The highest BCUT2D eigenvalue weighted by Gasteiger charge is 2.90. The van der Waals surface area contributed by atoms with Gasteiger partial charge in [-0.2, -0.15) is 0 Å². The molecule has 7 rings (SSSR count). The third-order valence-corrected chi connectivity index (χ3v) is 12.5. The van der Waals surface area contributed by atoms with Crippen molar-refractivity contribution in [2.45, 2.75) is 52.4 Å². The number of hydrogen-bond donors (Lipinski definition) is 0. The first-order valence-corrected chi connectivity index (χ1v) is 13.7. The summed E-state index contributed by atoms with van der Waals surface area (Å²) in [4.78, 5) is 23.4. The van der Waals surface area contributed by atoms with Crippen LogP contribution in [0.15, 0.2) is 12.1 Å². The molecule has 1 aromatic carbocycles. The van der Waals surface area contributed by atoms with Crippen molar-refractivity contribution in [3.05, 3.63) is 23.3 Å². The van der Waals surface area contributed by atoms with E-state index in [0.717, 1.165) is 11.5 Å². The van der Waals surface area contributed by atoms with Gasteiger partial charge in [-0.25, -0.2) is 0 Å². The van der Waals surface area contributed by atoms with Gasteiger partial charge in [0.2, 0.25) is 0 Å². The Morgan fingerprint density at radius 3 is 1.53 bits per heavy atom. The summed E-state index contributed by atoms with van der Waals surface area (Å²) >= 11 is 0. The van der Waals surface area contributed by atoms with Crippen LogP contribution in [0.1, 0.15) is 63.5 Å². The van der Waals surface area contributed by atoms with E-state index in [1.165, 1.54) is 37.8 Å². The number of fused-ring (bicyclic) bond motifs is 18. The zero-order chi connectivity index (χ0) is 25.3. The Labute approximate surface area is 213 Å². The molecule has 4 bridgehead atoms. The molecule has 0 heterocycles. The predicted octanol–water partition coefficient (Wildman–Crippen LogP) is 4.80. The Bertz CT molecular complexity index is 1070. The monoisotopic (exact) mass is 494 g/mol. The minimum Gasteiger partial charge on any atom is -0.496 e. The topological polar surface area (TPSA) is 71.1 Å². The van der Waals surface area contributed by atoms with Crippen LogP contribution in [0.4, 0.5) is 0 Å². The molecule has 36 heavy (non-hydrogen) atoms. The SMILES string of the molecule is COc1ccc(OC)c2c1[C@H]1C[C@@H]2C2C1[C@]1(C)C3C([C@@H]4C[C@H]3[C@@H](COC(C)=O)[C@H]4COC(C)=O)[C@]21C. The molecule has 0 aliphatic heterocycles. The van der Waals surface area contributed by atoms with Crippen LogP contribution >= 0.6 is 0 Å². The second-order valence-corrected chi connectivity index (χ2v) is 12.9. The summed E-state index contributed by atoms with van der Waals surface area (Å²) in [7, 11) is 3.58. The van der Waals surface area contributed by atoms with E-state index in [0.29, 0.717) is 60.6 Å². The molecule has 0 aromatic heterocycles. The van der Waals surface area contributed by atoms with Crippen molar-refractivity contribution in [3.63, 3.8) is 0 Å². The number of esters is 2. The quantitative estimate of drug-likeness (QED) is 0.418. The van der Waals surface area contributed by atoms with Gasteiger partial charge in [0.05, 0.1) is 27.4 Å². The lowest BCUT2D eigenvalue weighted by Gasteiger charge is -2.84. The van der Waals surface area contributed by atoms with Crippen LogP contribution in [0.3, 0.4) is 0 Å². The van der Waals surface area contributed by atoms with Gasteiger partial charge in [0.15, 0.2) is 0 Å². The van der Waals surface area contributed by atoms with Crippen LogP contribution in [0.2, 0.25) is 0 Å². The summed E-state index contributed by atoms with van der Waals surface area (Å²) in [6.07, 6.45) is 2.38. The first-order valence-electron chi connectivity index (χ1n) is 13.7. The van der Waals surface area contributed by atoms with Crippen molar-refractivity contribution in [1.82, 2.24) is 0 Å². The van der Waals surface area contributed by atoms with E-state index in [4.69, 9.17) is 18.9 Å². The fourth-order valence-corrected chi connectivity index (χ4v) is 11.9. The van der Waals surface area contributed by atoms with Crippen molar-refractivity contribution < 1.29 is 28.5 Å². The molecule has 0 spiro atoms. The lowest BCUT2D eigenvalue weighted by molar-refractivity contribution is -0.371. The second-order valence-electron chi connectivity index (χ2n) is 12.9. The average molecular weight is 495 g/mol. The smallest absolute Gasteiger partial charge is 0.302 e. The second kappa shape index (κ2) is 7.20. The van der Waals surface area contributed by atoms with Crippen molar-refractivity contribution in [2.24, 2.45) is 58.2 Å². The van der Waals surface area contributed by atoms with Crippen LogP contribution in [-0.2, 0) is 19.1 Å². The zero-order valence-electron chi connectivity index (χ0n) is 22.2. The van der Waals surface area contributed by atoms with Gasteiger partial charge in [-0.1, -0.05) is 13.8 Å². The molecule has 6 aliphatic carbocycles. The van der Waals surface area contributed by atoms with Gasteiger partial charge in [0.25, 0.3) is 0 Å². The molecule has 12 atom stereocenters. The number of carbonyl (C=O) groups is 2. The van der Waals surface area contributed by atoms with Crippen molar-refractivity contribution in [2.75, 3.05) is 27.4 Å². The predicted molar refractivity (Wildman–Crippen MR) is 132 cm³/mol. The summed E-state index contributed by atoms with van der Waals surface area (Å²) in [5.74, 6) is 6.92. The molecule has 6 nitrogen and oxygen atoms in total. The fourth-order valence-electron chi connectivity index (χ4n) is 11.9. The molecule has 194 valence electrons. The Morgan fingerprint density at radius 2 is 1.17 bits per heavy atom. The summed E-state index contributed by atoms with van der Waals surface area (Å²) in [6, 6.07) is 4.17. The van der Waals surface area contributed by atoms with Crippen molar-refractivity contribution in [3.8, 4) is 11.5 Å². The van der Waals surface area contributed by atoms with Gasteiger partial charge < -0.3 is 18.9 Å². The minimum absolute atomic E-state index is 0.223. The maximum atomic E-state index is 11.7. The maximum Gasteiger partial charge on any atom is 0.302 e. The van der Waals surface area contributed by atoms with E-state index < -0.39 is 0 Å². The van der Waals surface area contributed by atoms with E-state index in [9.17, 15) is 9.59 Å². The van der Waals surface area contributed by atoms with Gasteiger partial charge in [0, 0.05) is 36.8 Å². The molecular formula is C30H38O6. The first-order chi connectivity index (χ1) is 17.2. The average Bonchev–Trinajstić information content (AvgIpc) is 3.60. The van der Waals surface area contributed by atoms with E-state index in [1.807, 2.05) is 0 Å². The largest absolute Gasteiger partial charge is 0.496 e. The van der Waals surface area contributed by atoms with Gasteiger partial charge >= 0.3 is 11.9 Å². The number of benzene rings is 1. The van der Waals surface area contributed by atoms with Crippen molar-refractivity contribution >= 4 is 11.9 Å². The summed E-state index contributed by atoms with van der Waals surface area (Å²) < 4.78 is 22.9. The van der Waals surface area contributed by atoms with E-state index in [-0.39, 0.29) is 34.6 Å². The molecule has 0 N–H and O–H groups in total. The maximum absolute atomic E-state index is 11.7. The Morgan fingerprint density at radius 1 is 0.750 bits per heavy atom. The Hall–Kier alpha value is -2.24. The lowest BCUT2D eigenvalue weighted by atomic mass is 9.19. The minimum atomic E-state index is -0.223. The van der Waals surface area contributed by atoms with Crippen LogP contribution in [0, 0.1) is 58.2 Å². The highest BCUT2D eigenvalue weighted by Crippen LogP contribution is 2.95. The van der Waals surface area contributed by atoms with Gasteiger partial charge in [0.1, 0.15) is 11.5 Å². The molecular weight excluding hydrogens is 456 g/mol. The molecule has 0 amide bonds. The van der Waals surface area contributed by atoms with E-state index in [1.54, 1.807) is 14.2 Å². The third kappa shape index (κ3) is 2.32. The highest BCUT2D eigenvalue weighted by atomic mass is 16.5. The van der Waals surface area contributed by atoms with Crippen LogP contribution in [-0.4, -0.2) is 39.4 Å². The van der Waals surface area contributed by atoms with Gasteiger partial charge in [-0.15, -0.1) is 0 Å². The number of carbonyl (C=O) groups excluding carboxylic acids is 2. The van der Waals surface area contributed by atoms with Gasteiger partial charge in [-0.3, -0.25) is 9.59 Å². The highest BCUT2D eigenvalue weighted by molar-refractivity contribution is 5.66. The lowest BCUT2D eigenvalue weighted by Crippen LogP contribution is -2.81.